The van der Waals surface area contributed by atoms with Crippen LogP contribution < -0.4 is 16.4 Å². The fraction of sp³-hybridized carbons (Fsp3) is 0.571. The number of phenolic OH excluding ortho intramolecular Hbond substituents is 1. The molecule has 0 spiro atoms. The van der Waals surface area contributed by atoms with E-state index in [4.69, 9.17) is 5.73 Å². The largest absolute Gasteiger partial charge is 0.508 e. The van der Waals surface area contributed by atoms with Crippen LogP contribution in [0.2, 0.25) is 0 Å². The fourth-order valence-corrected chi connectivity index (χ4v) is 3.61. The lowest BCUT2D eigenvalue weighted by Gasteiger charge is -2.16. The number of hydrogen-bond acceptors (Lipinski definition) is 4. The molecule has 0 radical (unpaired) electrons. The summed E-state index contributed by atoms with van der Waals surface area (Å²) in [5, 5.41) is 14.6. The highest BCUT2D eigenvalue weighted by Gasteiger charge is 2.22. The van der Waals surface area contributed by atoms with Gasteiger partial charge < -0.3 is 21.5 Å². The summed E-state index contributed by atoms with van der Waals surface area (Å²) >= 11 is 0. The topological polar surface area (TPSA) is 122 Å². The van der Waals surface area contributed by atoms with E-state index in [-0.39, 0.29) is 24.0 Å². The van der Waals surface area contributed by atoms with Gasteiger partial charge >= 0.3 is 0 Å². The van der Waals surface area contributed by atoms with E-state index >= 15 is 0 Å². The Kier molecular flexibility index (Phi) is 8.78. The summed E-state index contributed by atoms with van der Waals surface area (Å²) in [6.45, 7) is 0.393. The molecule has 1 aliphatic rings. The van der Waals surface area contributed by atoms with E-state index in [1.165, 1.54) is 25.7 Å². The van der Waals surface area contributed by atoms with Gasteiger partial charge in [0.2, 0.25) is 17.7 Å². The van der Waals surface area contributed by atoms with Gasteiger partial charge in [-0.25, -0.2) is 0 Å². The predicted octanol–water partition coefficient (Wildman–Crippen LogP) is 1.77. The fourth-order valence-electron chi connectivity index (χ4n) is 3.61. The summed E-state index contributed by atoms with van der Waals surface area (Å²) in [6.07, 6.45) is 7.66. The highest BCUT2D eigenvalue weighted by atomic mass is 16.3. The first kappa shape index (κ1) is 21.7. The Hall–Kier alpha value is -2.57. The number of benzene rings is 1. The van der Waals surface area contributed by atoms with Crippen molar-refractivity contribution in [2.45, 2.75) is 63.8 Å². The first-order valence-electron chi connectivity index (χ1n) is 10.1. The third-order valence-electron chi connectivity index (χ3n) is 5.23. The SMILES string of the molecule is NC(=O)[C@@H](CC(=O)NCCc1ccc(O)cc1)NC(=O)CCCC1CCCC1. The van der Waals surface area contributed by atoms with E-state index in [0.29, 0.717) is 19.4 Å². The summed E-state index contributed by atoms with van der Waals surface area (Å²) in [5.74, 6) is -0.375. The van der Waals surface area contributed by atoms with Gasteiger partial charge in [-0.1, -0.05) is 37.8 Å². The van der Waals surface area contributed by atoms with Crippen molar-refractivity contribution in [2.24, 2.45) is 11.7 Å². The Morgan fingerprint density at radius 3 is 2.43 bits per heavy atom. The van der Waals surface area contributed by atoms with Crippen LogP contribution in [-0.4, -0.2) is 35.4 Å². The Bertz CT molecular complexity index is 654. The maximum Gasteiger partial charge on any atom is 0.240 e. The van der Waals surface area contributed by atoms with Gasteiger partial charge in [-0.3, -0.25) is 14.4 Å². The molecule has 1 aliphatic carbocycles. The number of amides is 3. The van der Waals surface area contributed by atoms with E-state index in [9.17, 15) is 19.5 Å². The lowest BCUT2D eigenvalue weighted by atomic mass is 10.0. The molecule has 154 valence electrons. The van der Waals surface area contributed by atoms with E-state index < -0.39 is 11.9 Å². The van der Waals surface area contributed by atoms with Crippen LogP contribution in [0, 0.1) is 5.92 Å². The van der Waals surface area contributed by atoms with Crippen molar-refractivity contribution in [3.63, 3.8) is 0 Å². The molecule has 0 heterocycles. The van der Waals surface area contributed by atoms with Gasteiger partial charge in [0.25, 0.3) is 0 Å². The molecule has 1 fully saturated rings. The van der Waals surface area contributed by atoms with E-state index in [2.05, 4.69) is 10.6 Å². The standard InChI is InChI=1S/C21H31N3O4/c22-21(28)18(24-19(26)7-3-6-15-4-1-2-5-15)14-20(27)23-13-12-16-8-10-17(25)11-9-16/h8-11,15,18,25H,1-7,12-14H2,(H2,22,28)(H,23,27)(H,24,26)/t18-/m1/s1. The molecule has 0 aliphatic heterocycles. The smallest absolute Gasteiger partial charge is 0.240 e. The van der Waals surface area contributed by atoms with Crippen LogP contribution >= 0.6 is 0 Å². The lowest BCUT2D eigenvalue weighted by Crippen LogP contribution is -2.47. The Morgan fingerprint density at radius 1 is 1.11 bits per heavy atom. The molecule has 1 aromatic carbocycles. The summed E-state index contributed by atoms with van der Waals surface area (Å²) < 4.78 is 0. The van der Waals surface area contributed by atoms with Gasteiger partial charge in [-0.15, -0.1) is 0 Å². The van der Waals surface area contributed by atoms with E-state index in [1.807, 2.05) is 0 Å². The van der Waals surface area contributed by atoms with Gasteiger partial charge in [-0.2, -0.15) is 0 Å². The molecule has 5 N–H and O–H groups in total. The number of rotatable bonds is 11. The third-order valence-corrected chi connectivity index (χ3v) is 5.23. The number of carbonyl (C=O) groups excluding carboxylic acids is 3. The summed E-state index contributed by atoms with van der Waals surface area (Å²) in [4.78, 5) is 35.7. The van der Waals surface area contributed by atoms with Crippen molar-refractivity contribution >= 4 is 17.7 Å². The predicted molar refractivity (Wildman–Crippen MR) is 106 cm³/mol. The second-order valence-corrected chi connectivity index (χ2v) is 7.54. The number of phenols is 1. The minimum Gasteiger partial charge on any atom is -0.508 e. The minimum absolute atomic E-state index is 0.167. The molecule has 0 saturated heterocycles. The van der Waals surface area contributed by atoms with E-state index in [0.717, 1.165) is 24.3 Å². The van der Waals surface area contributed by atoms with Gasteiger partial charge in [0.15, 0.2) is 0 Å². The van der Waals surface area contributed by atoms with Crippen LogP contribution in [0.15, 0.2) is 24.3 Å². The number of primary amides is 1. The average molecular weight is 389 g/mol. The van der Waals surface area contributed by atoms with E-state index in [1.54, 1.807) is 24.3 Å². The molecule has 7 nitrogen and oxygen atoms in total. The molecule has 3 amide bonds. The van der Waals surface area contributed by atoms with Crippen molar-refractivity contribution in [1.29, 1.82) is 0 Å². The quantitative estimate of drug-likeness (QED) is 0.461. The Balaban J connectivity index is 1.66. The molecule has 0 aromatic heterocycles. The number of aromatic hydroxyl groups is 1. The highest BCUT2D eigenvalue weighted by Crippen LogP contribution is 2.28. The summed E-state index contributed by atoms with van der Waals surface area (Å²) in [6, 6.07) is 5.73. The van der Waals surface area contributed by atoms with Crippen molar-refractivity contribution in [1.82, 2.24) is 10.6 Å². The molecule has 1 atom stereocenters. The van der Waals surface area contributed by atoms with Gasteiger partial charge in [0.05, 0.1) is 6.42 Å². The highest BCUT2D eigenvalue weighted by molar-refractivity contribution is 5.91. The van der Waals surface area contributed by atoms with Crippen molar-refractivity contribution in [2.75, 3.05) is 6.54 Å². The molecule has 2 rings (SSSR count). The molecule has 0 bridgehead atoms. The molecule has 7 heteroatoms. The zero-order valence-corrected chi connectivity index (χ0v) is 16.3. The first-order chi connectivity index (χ1) is 13.4. The second-order valence-electron chi connectivity index (χ2n) is 7.54. The van der Waals surface area contributed by atoms with Crippen molar-refractivity contribution < 1.29 is 19.5 Å². The molecular formula is C21H31N3O4. The lowest BCUT2D eigenvalue weighted by molar-refractivity contribution is -0.130. The van der Waals surface area contributed by atoms with Crippen LogP contribution in [0.3, 0.4) is 0 Å². The van der Waals surface area contributed by atoms with Crippen LogP contribution in [0.5, 0.6) is 5.75 Å². The molecule has 28 heavy (non-hydrogen) atoms. The Labute approximate surface area is 166 Å². The van der Waals surface area contributed by atoms with Crippen LogP contribution in [0.1, 0.15) is 56.9 Å². The first-order valence-corrected chi connectivity index (χ1v) is 10.1. The monoisotopic (exact) mass is 389 g/mol. The Morgan fingerprint density at radius 2 is 1.79 bits per heavy atom. The van der Waals surface area contributed by atoms with Crippen LogP contribution in [0.25, 0.3) is 0 Å². The van der Waals surface area contributed by atoms with Gasteiger partial charge in [-0.05, 0) is 42.9 Å². The second kappa shape index (κ2) is 11.3. The zero-order chi connectivity index (χ0) is 20.4. The van der Waals surface area contributed by atoms with Crippen LogP contribution in [0.4, 0.5) is 0 Å². The number of carbonyl (C=O) groups is 3. The molecular weight excluding hydrogens is 358 g/mol. The minimum atomic E-state index is -0.993. The molecule has 1 aromatic rings. The molecule has 0 unspecified atom stereocenters. The molecule has 1 saturated carbocycles. The van der Waals surface area contributed by atoms with Gasteiger partial charge in [0, 0.05) is 13.0 Å². The number of nitrogens with one attached hydrogen (secondary N) is 2. The van der Waals surface area contributed by atoms with Crippen molar-refractivity contribution in [3.05, 3.63) is 29.8 Å². The maximum absolute atomic E-state index is 12.1. The number of hydrogen-bond donors (Lipinski definition) is 4. The van der Waals surface area contributed by atoms with Gasteiger partial charge in [0.1, 0.15) is 11.8 Å². The normalized spacial score (nSPS) is 15.1. The van der Waals surface area contributed by atoms with Crippen LogP contribution in [-0.2, 0) is 20.8 Å². The third kappa shape index (κ3) is 7.98. The maximum atomic E-state index is 12.1. The number of nitrogens with two attached hydrogens (primary N) is 1. The van der Waals surface area contributed by atoms with Crippen molar-refractivity contribution in [3.8, 4) is 5.75 Å². The zero-order valence-electron chi connectivity index (χ0n) is 16.3. The summed E-state index contributed by atoms with van der Waals surface area (Å²) in [7, 11) is 0. The summed E-state index contributed by atoms with van der Waals surface area (Å²) in [5.41, 5.74) is 6.31. The average Bonchev–Trinajstić information content (AvgIpc) is 3.16.